The Labute approximate surface area is 132 Å². The Morgan fingerprint density at radius 1 is 1.23 bits per heavy atom. The van der Waals surface area contributed by atoms with Gasteiger partial charge in [-0.1, -0.05) is 18.2 Å². The maximum absolute atomic E-state index is 12.7. The van der Waals surface area contributed by atoms with Gasteiger partial charge in [0.25, 0.3) is 0 Å². The molecule has 3 aliphatic heterocycles. The van der Waals surface area contributed by atoms with Gasteiger partial charge in [-0.3, -0.25) is 14.6 Å². The van der Waals surface area contributed by atoms with Crippen molar-refractivity contribution in [3.63, 3.8) is 0 Å². The third-order valence-electron chi connectivity index (χ3n) is 4.59. The van der Waals surface area contributed by atoms with Crippen LogP contribution in [-0.4, -0.2) is 79.6 Å². The van der Waals surface area contributed by atoms with Gasteiger partial charge in [0, 0.05) is 33.2 Å². The number of carbonyl (C=O) groups excluding carboxylic acids is 1. The lowest BCUT2D eigenvalue weighted by Gasteiger charge is -2.38. The molecular weight excluding hydrogens is 278 g/mol. The highest BCUT2D eigenvalue weighted by molar-refractivity contribution is 5.82. The number of hydrogen-bond donors (Lipinski definition) is 0. The molecule has 3 atom stereocenters. The Morgan fingerprint density at radius 2 is 2.05 bits per heavy atom. The van der Waals surface area contributed by atoms with Crippen molar-refractivity contribution in [2.75, 3.05) is 52.9 Å². The number of nitrogens with zero attached hydrogens (tertiary/aromatic N) is 3. The number of para-hydroxylation sites is 1. The van der Waals surface area contributed by atoms with Gasteiger partial charge < -0.3 is 9.64 Å². The molecule has 5 heteroatoms. The Balaban J connectivity index is 1.49. The highest BCUT2D eigenvalue weighted by Gasteiger charge is 2.35. The van der Waals surface area contributed by atoms with Crippen LogP contribution in [0, 0.1) is 0 Å². The van der Waals surface area contributed by atoms with Gasteiger partial charge in [-0.2, -0.15) is 0 Å². The first-order chi connectivity index (χ1) is 10.7. The molecule has 1 amide bonds. The summed E-state index contributed by atoms with van der Waals surface area (Å²) in [7, 11) is 1.88. The highest BCUT2D eigenvalue weighted by Crippen LogP contribution is 2.17. The molecule has 22 heavy (non-hydrogen) atoms. The summed E-state index contributed by atoms with van der Waals surface area (Å²) in [6.45, 7) is 6.32. The van der Waals surface area contributed by atoms with E-state index in [9.17, 15) is 4.79 Å². The predicted octanol–water partition coefficient (Wildman–Crippen LogP) is 0.914. The fourth-order valence-corrected chi connectivity index (χ4v) is 3.26. The van der Waals surface area contributed by atoms with E-state index in [1.165, 1.54) is 6.42 Å². The van der Waals surface area contributed by atoms with Gasteiger partial charge in [0.2, 0.25) is 5.91 Å². The van der Waals surface area contributed by atoms with Gasteiger partial charge in [-0.25, -0.2) is 0 Å². The molecule has 1 aromatic rings. The topological polar surface area (TPSA) is 36.0 Å². The molecule has 3 aliphatic rings. The summed E-state index contributed by atoms with van der Waals surface area (Å²) in [4.78, 5) is 19.3. The van der Waals surface area contributed by atoms with E-state index >= 15 is 0 Å². The second kappa shape index (κ2) is 7.11. The van der Waals surface area contributed by atoms with Crippen LogP contribution in [0.1, 0.15) is 6.42 Å². The average molecular weight is 303 g/mol. The highest BCUT2D eigenvalue weighted by atomic mass is 16.5. The monoisotopic (exact) mass is 303 g/mol. The number of fused-ring (bicyclic) bond motifs is 4. The summed E-state index contributed by atoms with van der Waals surface area (Å²) in [6, 6.07) is 9.77. The van der Waals surface area contributed by atoms with Crippen molar-refractivity contribution in [3.05, 3.63) is 30.3 Å². The quantitative estimate of drug-likeness (QED) is 0.810. The molecule has 0 aliphatic carbocycles. The normalized spacial score (nSPS) is 27.2. The van der Waals surface area contributed by atoms with E-state index in [2.05, 4.69) is 9.80 Å². The summed E-state index contributed by atoms with van der Waals surface area (Å²) in [5, 5.41) is 0. The number of carbonyl (C=O) groups is 1. The van der Waals surface area contributed by atoms with E-state index in [0.29, 0.717) is 13.2 Å². The Bertz CT molecular complexity index is 490. The summed E-state index contributed by atoms with van der Waals surface area (Å²) in [6.07, 6.45) is 1.17. The van der Waals surface area contributed by atoms with Gasteiger partial charge in [-0.15, -0.1) is 0 Å². The van der Waals surface area contributed by atoms with Crippen molar-refractivity contribution in [3.8, 4) is 5.75 Å². The third-order valence-corrected chi connectivity index (χ3v) is 4.59. The fourth-order valence-electron chi connectivity index (χ4n) is 3.26. The van der Waals surface area contributed by atoms with Crippen LogP contribution < -0.4 is 4.74 Å². The van der Waals surface area contributed by atoms with Gasteiger partial charge in [0.05, 0.1) is 6.54 Å². The van der Waals surface area contributed by atoms with Crippen molar-refractivity contribution in [1.82, 2.24) is 14.7 Å². The lowest BCUT2D eigenvalue weighted by Crippen LogP contribution is -2.57. The Morgan fingerprint density at radius 3 is 2.86 bits per heavy atom. The second-order valence-electron chi connectivity index (χ2n) is 6.13. The minimum absolute atomic E-state index is 0.0259. The average Bonchev–Trinajstić information content (AvgIpc) is 2.90. The Kier molecular flexibility index (Phi) is 4.95. The molecule has 0 spiro atoms. The Hall–Kier alpha value is -1.59. The van der Waals surface area contributed by atoms with Crippen molar-refractivity contribution >= 4 is 5.91 Å². The largest absolute Gasteiger partial charge is 0.492 e. The number of ether oxygens (including phenoxy) is 1. The van der Waals surface area contributed by atoms with Crippen LogP contribution in [0.25, 0.3) is 0 Å². The van der Waals surface area contributed by atoms with Crippen LogP contribution in [0.3, 0.4) is 0 Å². The van der Waals surface area contributed by atoms with Crippen LogP contribution in [0.5, 0.6) is 5.75 Å². The summed E-state index contributed by atoms with van der Waals surface area (Å²) in [5.41, 5.74) is 0. The number of piperazine rings is 1. The lowest BCUT2D eigenvalue weighted by molar-refractivity contribution is -0.137. The molecule has 0 radical (unpaired) electrons. The molecule has 2 bridgehead atoms. The molecule has 3 heterocycles. The zero-order valence-corrected chi connectivity index (χ0v) is 13.3. The number of amides is 1. The first-order valence-corrected chi connectivity index (χ1v) is 8.13. The minimum atomic E-state index is 0.0259. The number of hydrogen-bond acceptors (Lipinski definition) is 4. The van der Waals surface area contributed by atoms with Gasteiger partial charge in [0.15, 0.2) is 0 Å². The van der Waals surface area contributed by atoms with Crippen molar-refractivity contribution in [2.24, 2.45) is 0 Å². The first-order valence-electron chi connectivity index (χ1n) is 8.13. The summed E-state index contributed by atoms with van der Waals surface area (Å²) in [5.74, 6) is 1.08. The van der Waals surface area contributed by atoms with Crippen LogP contribution in [0.4, 0.5) is 0 Å². The third kappa shape index (κ3) is 3.59. The van der Waals surface area contributed by atoms with Crippen LogP contribution in [0.2, 0.25) is 0 Å². The van der Waals surface area contributed by atoms with E-state index in [0.717, 1.165) is 38.5 Å². The first kappa shape index (κ1) is 15.3. The zero-order chi connectivity index (χ0) is 15.4. The van der Waals surface area contributed by atoms with Crippen molar-refractivity contribution in [1.29, 1.82) is 0 Å². The summed E-state index contributed by atoms with van der Waals surface area (Å²) < 4.78 is 5.68. The van der Waals surface area contributed by atoms with Gasteiger partial charge in [-0.05, 0) is 25.1 Å². The molecule has 2 unspecified atom stereocenters. The van der Waals surface area contributed by atoms with E-state index in [1.807, 2.05) is 42.3 Å². The smallest absolute Gasteiger partial charge is 0.241 e. The SMILES string of the molecule is CN(CCOc1ccccc1)C(=O)[C@@H]1CN2CCCN1CC2. The molecule has 120 valence electrons. The molecule has 3 fully saturated rings. The fraction of sp³-hybridized carbons (Fsp3) is 0.588. The van der Waals surface area contributed by atoms with E-state index in [4.69, 9.17) is 4.74 Å². The van der Waals surface area contributed by atoms with E-state index in [1.54, 1.807) is 0 Å². The molecule has 4 rings (SSSR count). The number of benzene rings is 1. The van der Waals surface area contributed by atoms with Crippen LogP contribution in [0.15, 0.2) is 30.3 Å². The summed E-state index contributed by atoms with van der Waals surface area (Å²) >= 11 is 0. The van der Waals surface area contributed by atoms with Crippen LogP contribution in [-0.2, 0) is 4.79 Å². The molecule has 0 saturated carbocycles. The molecule has 3 saturated heterocycles. The molecule has 5 nitrogen and oxygen atoms in total. The molecular formula is C17H25N3O2. The van der Waals surface area contributed by atoms with Crippen LogP contribution >= 0.6 is 0 Å². The zero-order valence-electron chi connectivity index (χ0n) is 13.3. The number of rotatable bonds is 5. The van der Waals surface area contributed by atoms with Gasteiger partial charge >= 0.3 is 0 Å². The van der Waals surface area contributed by atoms with E-state index < -0.39 is 0 Å². The van der Waals surface area contributed by atoms with Gasteiger partial charge in [0.1, 0.15) is 18.4 Å². The predicted molar refractivity (Wildman–Crippen MR) is 86.0 cm³/mol. The van der Waals surface area contributed by atoms with E-state index in [-0.39, 0.29) is 11.9 Å². The standard InChI is InChI=1S/C17H25N3O2/c1-18(12-13-22-15-6-3-2-4-7-15)17(21)16-14-19-8-5-9-20(16)11-10-19/h2-4,6-7,16H,5,8-14H2,1H3/t16-/m0/s1. The van der Waals surface area contributed by atoms with Crippen molar-refractivity contribution in [2.45, 2.75) is 12.5 Å². The molecule has 0 N–H and O–H groups in total. The maximum Gasteiger partial charge on any atom is 0.241 e. The van der Waals surface area contributed by atoms with Crippen molar-refractivity contribution < 1.29 is 9.53 Å². The second-order valence-corrected chi connectivity index (χ2v) is 6.13. The molecule has 0 aromatic heterocycles. The lowest BCUT2D eigenvalue weighted by atomic mass is 10.1. The maximum atomic E-state index is 12.7. The minimum Gasteiger partial charge on any atom is -0.492 e. The number of likely N-dealkylation sites (N-methyl/N-ethyl adjacent to an activating group) is 1. The molecule has 1 aromatic carbocycles.